The highest BCUT2D eigenvalue weighted by Crippen LogP contribution is 2.34. The molecule has 0 radical (unpaired) electrons. The average Bonchev–Trinajstić information content (AvgIpc) is 3.26. The summed E-state index contributed by atoms with van der Waals surface area (Å²) < 4.78 is 43.9. The summed E-state index contributed by atoms with van der Waals surface area (Å²) in [5.41, 5.74) is 0.772. The predicted octanol–water partition coefficient (Wildman–Crippen LogP) is 4.30. The van der Waals surface area contributed by atoms with Gasteiger partial charge in [0.15, 0.2) is 11.5 Å². The van der Waals surface area contributed by atoms with Gasteiger partial charge in [-0.3, -0.25) is 9.10 Å². The van der Waals surface area contributed by atoms with Crippen LogP contribution in [0.5, 0.6) is 17.2 Å². The second-order valence-electron chi connectivity index (χ2n) is 7.01. The van der Waals surface area contributed by atoms with E-state index in [1.807, 2.05) is 6.92 Å². The van der Waals surface area contributed by atoms with Crippen LogP contribution in [0.4, 0.5) is 11.4 Å². The Kier molecular flexibility index (Phi) is 6.62. The van der Waals surface area contributed by atoms with E-state index in [0.717, 1.165) is 4.31 Å². The molecule has 0 saturated carbocycles. The molecule has 1 N–H and O–H groups in total. The number of carbonyl (C=O) groups excluding carboxylic acids is 1. The Morgan fingerprint density at radius 3 is 2.42 bits per heavy atom. The largest absolute Gasteiger partial charge is 0.494 e. The number of hydrogen-bond donors (Lipinski definition) is 1. The van der Waals surface area contributed by atoms with Crippen molar-refractivity contribution in [2.75, 3.05) is 29.6 Å². The van der Waals surface area contributed by atoms with Gasteiger partial charge in [-0.1, -0.05) is 11.6 Å². The number of fused-ring (bicyclic) bond motifs is 1. The van der Waals surface area contributed by atoms with Gasteiger partial charge < -0.3 is 19.5 Å². The lowest BCUT2D eigenvalue weighted by Gasteiger charge is -2.24. The van der Waals surface area contributed by atoms with E-state index in [1.165, 1.54) is 24.3 Å². The summed E-state index contributed by atoms with van der Waals surface area (Å²) in [7, 11) is -4.06. The molecule has 0 aliphatic carbocycles. The first-order valence-corrected chi connectivity index (χ1v) is 11.9. The summed E-state index contributed by atoms with van der Waals surface area (Å²) in [6, 6.07) is 17.2. The van der Waals surface area contributed by atoms with Crippen molar-refractivity contribution in [3.8, 4) is 17.2 Å². The molecule has 33 heavy (non-hydrogen) atoms. The third kappa shape index (κ3) is 5.15. The molecule has 3 aromatic rings. The van der Waals surface area contributed by atoms with E-state index >= 15 is 0 Å². The van der Waals surface area contributed by atoms with Gasteiger partial charge in [0, 0.05) is 16.8 Å². The van der Waals surface area contributed by atoms with Crippen molar-refractivity contribution in [1.29, 1.82) is 0 Å². The van der Waals surface area contributed by atoms with Gasteiger partial charge in [-0.25, -0.2) is 8.42 Å². The van der Waals surface area contributed by atoms with Gasteiger partial charge in [-0.05, 0) is 67.6 Å². The lowest BCUT2D eigenvalue weighted by molar-refractivity contribution is -0.114. The number of nitrogens with zero attached hydrogens (tertiary/aromatic N) is 1. The fourth-order valence-corrected chi connectivity index (χ4v) is 4.78. The third-order valence-corrected chi connectivity index (χ3v) is 6.82. The summed E-state index contributed by atoms with van der Waals surface area (Å²) >= 11 is 5.91. The van der Waals surface area contributed by atoms with Crippen LogP contribution in [-0.4, -0.2) is 34.3 Å². The van der Waals surface area contributed by atoms with Gasteiger partial charge in [0.05, 0.1) is 17.2 Å². The molecule has 1 heterocycles. The van der Waals surface area contributed by atoms with Crippen LogP contribution in [0.25, 0.3) is 0 Å². The molecule has 3 aromatic carbocycles. The van der Waals surface area contributed by atoms with E-state index in [2.05, 4.69) is 5.32 Å². The number of halogens is 1. The highest BCUT2D eigenvalue weighted by Gasteiger charge is 2.27. The maximum absolute atomic E-state index is 13.4. The minimum atomic E-state index is -4.06. The number of anilines is 2. The number of hydrogen-bond acceptors (Lipinski definition) is 6. The fraction of sp³-hybridized carbons (Fsp3) is 0.174. The van der Waals surface area contributed by atoms with E-state index in [0.29, 0.717) is 40.3 Å². The molecule has 172 valence electrons. The second kappa shape index (κ2) is 9.60. The molecular formula is C23H21ClN2O6S. The topological polar surface area (TPSA) is 94.2 Å². The molecule has 1 aliphatic heterocycles. The molecule has 0 saturated heterocycles. The van der Waals surface area contributed by atoms with Gasteiger partial charge in [-0.2, -0.15) is 0 Å². The van der Waals surface area contributed by atoms with Crippen molar-refractivity contribution in [3.63, 3.8) is 0 Å². The number of nitrogens with one attached hydrogen (secondary N) is 1. The maximum atomic E-state index is 13.4. The Bertz CT molecular complexity index is 1250. The van der Waals surface area contributed by atoms with Crippen LogP contribution >= 0.6 is 11.6 Å². The van der Waals surface area contributed by atoms with Gasteiger partial charge in [-0.15, -0.1) is 0 Å². The Balaban J connectivity index is 1.61. The van der Waals surface area contributed by atoms with E-state index in [9.17, 15) is 13.2 Å². The first kappa shape index (κ1) is 22.8. The summed E-state index contributed by atoms with van der Waals surface area (Å²) in [6.07, 6.45) is 0. The van der Waals surface area contributed by atoms with Crippen molar-refractivity contribution in [2.24, 2.45) is 0 Å². The van der Waals surface area contributed by atoms with Crippen molar-refractivity contribution >= 4 is 38.9 Å². The first-order chi connectivity index (χ1) is 15.9. The molecule has 0 unspecified atom stereocenters. The van der Waals surface area contributed by atoms with E-state index in [4.69, 9.17) is 25.8 Å². The van der Waals surface area contributed by atoms with Gasteiger partial charge >= 0.3 is 0 Å². The standard InChI is InChI=1S/C23H21ClN2O6S/c1-2-30-19-8-6-18(7-9-19)26(33(28,29)20-10-3-16(24)4-11-20)14-23(27)25-17-5-12-21-22(13-17)32-15-31-21/h3-13H,2,14-15H2,1H3,(H,25,27). The minimum absolute atomic E-state index is 0.0108. The molecule has 0 spiro atoms. The summed E-state index contributed by atoms with van der Waals surface area (Å²) in [6.45, 7) is 1.99. The van der Waals surface area contributed by atoms with Crippen molar-refractivity contribution in [1.82, 2.24) is 0 Å². The van der Waals surface area contributed by atoms with Crippen LogP contribution < -0.4 is 23.8 Å². The van der Waals surface area contributed by atoms with E-state index in [-0.39, 0.29) is 11.7 Å². The minimum Gasteiger partial charge on any atom is -0.494 e. The highest BCUT2D eigenvalue weighted by molar-refractivity contribution is 7.92. The number of carbonyl (C=O) groups is 1. The van der Waals surface area contributed by atoms with Crippen LogP contribution in [0, 0.1) is 0 Å². The second-order valence-corrected chi connectivity index (χ2v) is 9.31. The zero-order chi connectivity index (χ0) is 23.4. The monoisotopic (exact) mass is 488 g/mol. The number of rotatable bonds is 8. The normalized spacial score (nSPS) is 12.3. The van der Waals surface area contributed by atoms with Crippen molar-refractivity contribution in [3.05, 3.63) is 71.8 Å². The lowest BCUT2D eigenvalue weighted by atomic mass is 10.2. The van der Waals surface area contributed by atoms with Gasteiger partial charge in [0.2, 0.25) is 12.7 Å². The summed E-state index contributed by atoms with van der Waals surface area (Å²) in [5, 5.41) is 3.11. The maximum Gasteiger partial charge on any atom is 0.264 e. The van der Waals surface area contributed by atoms with E-state index in [1.54, 1.807) is 42.5 Å². The Labute approximate surface area is 196 Å². The molecule has 0 bridgehead atoms. The molecule has 8 nitrogen and oxygen atoms in total. The molecule has 0 atom stereocenters. The quantitative estimate of drug-likeness (QED) is 0.508. The van der Waals surface area contributed by atoms with Gasteiger partial charge in [0.1, 0.15) is 12.3 Å². The molecule has 0 fully saturated rings. The van der Waals surface area contributed by atoms with E-state index < -0.39 is 22.5 Å². The van der Waals surface area contributed by atoms with Crippen LogP contribution in [0.15, 0.2) is 71.6 Å². The zero-order valence-electron chi connectivity index (χ0n) is 17.7. The summed E-state index contributed by atoms with van der Waals surface area (Å²) in [5.74, 6) is 1.15. The molecule has 1 aliphatic rings. The van der Waals surface area contributed by atoms with Crippen molar-refractivity contribution in [2.45, 2.75) is 11.8 Å². The highest BCUT2D eigenvalue weighted by atomic mass is 35.5. The molecule has 1 amide bonds. The average molecular weight is 489 g/mol. The van der Waals surface area contributed by atoms with Crippen molar-refractivity contribution < 1.29 is 27.4 Å². The fourth-order valence-electron chi connectivity index (χ4n) is 3.23. The Morgan fingerprint density at radius 2 is 1.73 bits per heavy atom. The third-order valence-electron chi connectivity index (χ3n) is 4.78. The van der Waals surface area contributed by atoms with Crippen LogP contribution in [-0.2, 0) is 14.8 Å². The molecule has 4 rings (SSSR count). The number of benzene rings is 3. The SMILES string of the molecule is CCOc1ccc(N(CC(=O)Nc2ccc3c(c2)OCO3)S(=O)(=O)c2ccc(Cl)cc2)cc1. The molecule has 10 heteroatoms. The number of sulfonamides is 1. The van der Waals surface area contributed by atoms with Crippen LogP contribution in [0.2, 0.25) is 5.02 Å². The van der Waals surface area contributed by atoms with Crippen LogP contribution in [0.3, 0.4) is 0 Å². The first-order valence-electron chi connectivity index (χ1n) is 10.1. The predicted molar refractivity (Wildman–Crippen MR) is 125 cm³/mol. The Morgan fingerprint density at radius 1 is 1.03 bits per heavy atom. The Hall–Kier alpha value is -3.43. The number of ether oxygens (including phenoxy) is 3. The molecular weight excluding hydrogens is 468 g/mol. The summed E-state index contributed by atoms with van der Waals surface area (Å²) in [4.78, 5) is 12.9. The lowest BCUT2D eigenvalue weighted by Crippen LogP contribution is -2.38. The van der Waals surface area contributed by atoms with Gasteiger partial charge in [0.25, 0.3) is 10.0 Å². The van der Waals surface area contributed by atoms with Crippen LogP contribution in [0.1, 0.15) is 6.92 Å². The number of amides is 1. The molecule has 0 aromatic heterocycles. The zero-order valence-corrected chi connectivity index (χ0v) is 19.2. The smallest absolute Gasteiger partial charge is 0.264 e.